The van der Waals surface area contributed by atoms with Gasteiger partial charge in [-0.3, -0.25) is 9.78 Å². The zero-order valence-electron chi connectivity index (χ0n) is 10.3. The van der Waals surface area contributed by atoms with E-state index in [0.29, 0.717) is 10.0 Å². The van der Waals surface area contributed by atoms with Crippen LogP contribution in [-0.2, 0) is 9.53 Å². The number of esters is 1. The summed E-state index contributed by atoms with van der Waals surface area (Å²) in [6.07, 6.45) is 3.78. The molecule has 0 fully saturated rings. The number of carbonyl (C=O) groups excluding carboxylic acids is 2. The SMILES string of the molecule is CCC(C)NC(=O)COC(=O)c1cncc(Br)c1. The van der Waals surface area contributed by atoms with Crippen molar-refractivity contribution in [2.75, 3.05) is 6.61 Å². The van der Waals surface area contributed by atoms with Crippen molar-refractivity contribution in [1.29, 1.82) is 0 Å². The molecule has 0 radical (unpaired) electrons. The lowest BCUT2D eigenvalue weighted by Gasteiger charge is -2.11. The Balaban J connectivity index is 2.44. The molecule has 6 heteroatoms. The lowest BCUT2D eigenvalue weighted by atomic mass is 10.2. The van der Waals surface area contributed by atoms with Crippen LogP contribution in [0.5, 0.6) is 0 Å². The first-order valence-electron chi connectivity index (χ1n) is 5.60. The highest BCUT2D eigenvalue weighted by atomic mass is 79.9. The van der Waals surface area contributed by atoms with Crippen LogP contribution in [0.4, 0.5) is 0 Å². The van der Waals surface area contributed by atoms with Gasteiger partial charge in [0.15, 0.2) is 6.61 Å². The molecule has 0 spiro atoms. The van der Waals surface area contributed by atoms with E-state index in [1.807, 2.05) is 13.8 Å². The lowest BCUT2D eigenvalue weighted by molar-refractivity contribution is -0.124. The summed E-state index contributed by atoms with van der Waals surface area (Å²) in [5, 5.41) is 2.71. The highest BCUT2D eigenvalue weighted by Gasteiger charge is 2.11. The van der Waals surface area contributed by atoms with Gasteiger partial charge in [0.2, 0.25) is 0 Å². The van der Waals surface area contributed by atoms with Crippen LogP contribution in [0.15, 0.2) is 22.9 Å². The Hall–Kier alpha value is -1.43. The number of pyridine rings is 1. The van der Waals surface area contributed by atoms with Gasteiger partial charge in [0, 0.05) is 22.9 Å². The molecule has 1 atom stereocenters. The topological polar surface area (TPSA) is 68.3 Å². The molecule has 0 aliphatic heterocycles. The third-order valence-electron chi connectivity index (χ3n) is 2.29. The molecule has 0 aliphatic carbocycles. The number of hydrogen-bond donors (Lipinski definition) is 1. The Morgan fingerprint density at radius 1 is 1.50 bits per heavy atom. The molecule has 0 saturated heterocycles. The van der Waals surface area contributed by atoms with Crippen molar-refractivity contribution in [2.24, 2.45) is 0 Å². The van der Waals surface area contributed by atoms with E-state index < -0.39 is 5.97 Å². The largest absolute Gasteiger partial charge is 0.452 e. The maximum absolute atomic E-state index is 11.6. The average molecular weight is 315 g/mol. The predicted molar refractivity (Wildman–Crippen MR) is 70.1 cm³/mol. The maximum atomic E-state index is 11.6. The van der Waals surface area contributed by atoms with E-state index in [4.69, 9.17) is 4.74 Å². The van der Waals surface area contributed by atoms with Gasteiger partial charge in [-0.25, -0.2) is 4.79 Å². The molecular formula is C12H15BrN2O3. The van der Waals surface area contributed by atoms with Crippen LogP contribution in [0.3, 0.4) is 0 Å². The van der Waals surface area contributed by atoms with E-state index >= 15 is 0 Å². The van der Waals surface area contributed by atoms with Crippen molar-refractivity contribution >= 4 is 27.8 Å². The summed E-state index contributed by atoms with van der Waals surface area (Å²) >= 11 is 3.20. The zero-order chi connectivity index (χ0) is 13.5. The molecular weight excluding hydrogens is 300 g/mol. The molecule has 98 valence electrons. The third kappa shape index (κ3) is 4.83. The van der Waals surface area contributed by atoms with E-state index in [1.54, 1.807) is 12.3 Å². The van der Waals surface area contributed by atoms with Crippen molar-refractivity contribution in [3.63, 3.8) is 0 Å². The fraction of sp³-hybridized carbons (Fsp3) is 0.417. The number of aromatic nitrogens is 1. The Morgan fingerprint density at radius 3 is 2.83 bits per heavy atom. The predicted octanol–water partition coefficient (Wildman–Crippen LogP) is 1.92. The first-order valence-corrected chi connectivity index (χ1v) is 6.39. The van der Waals surface area contributed by atoms with Crippen molar-refractivity contribution in [1.82, 2.24) is 10.3 Å². The van der Waals surface area contributed by atoms with Crippen LogP contribution in [-0.4, -0.2) is 29.5 Å². The highest BCUT2D eigenvalue weighted by molar-refractivity contribution is 9.10. The molecule has 1 N–H and O–H groups in total. The van der Waals surface area contributed by atoms with Gasteiger partial charge in [-0.1, -0.05) is 6.92 Å². The fourth-order valence-electron chi connectivity index (χ4n) is 1.16. The molecule has 1 aromatic rings. The Morgan fingerprint density at radius 2 is 2.22 bits per heavy atom. The Kier molecular flexibility index (Phi) is 5.77. The first kappa shape index (κ1) is 14.6. The number of nitrogens with one attached hydrogen (secondary N) is 1. The summed E-state index contributed by atoms with van der Waals surface area (Å²) in [6, 6.07) is 1.66. The van der Waals surface area contributed by atoms with Gasteiger partial charge in [0.25, 0.3) is 5.91 Å². The number of nitrogens with zero attached hydrogens (tertiary/aromatic N) is 1. The second-order valence-electron chi connectivity index (χ2n) is 3.84. The smallest absolute Gasteiger partial charge is 0.340 e. The molecule has 1 aromatic heterocycles. The molecule has 1 heterocycles. The van der Waals surface area contributed by atoms with Crippen LogP contribution in [0.25, 0.3) is 0 Å². The first-order chi connectivity index (χ1) is 8.52. The number of rotatable bonds is 5. The molecule has 1 amide bonds. The van der Waals surface area contributed by atoms with E-state index in [0.717, 1.165) is 6.42 Å². The van der Waals surface area contributed by atoms with Gasteiger partial charge in [0.05, 0.1) is 5.56 Å². The summed E-state index contributed by atoms with van der Waals surface area (Å²) in [7, 11) is 0. The molecule has 0 aliphatic rings. The number of amides is 1. The maximum Gasteiger partial charge on any atom is 0.340 e. The van der Waals surface area contributed by atoms with Gasteiger partial charge >= 0.3 is 5.97 Å². The van der Waals surface area contributed by atoms with Crippen molar-refractivity contribution in [3.05, 3.63) is 28.5 Å². The summed E-state index contributed by atoms with van der Waals surface area (Å²) in [5.74, 6) is -0.872. The standard InChI is InChI=1S/C12H15BrN2O3/c1-3-8(2)15-11(16)7-18-12(17)9-4-10(13)6-14-5-9/h4-6,8H,3,7H2,1-2H3,(H,15,16). The Bertz CT molecular complexity index is 437. The van der Waals surface area contributed by atoms with Gasteiger partial charge in [-0.2, -0.15) is 0 Å². The minimum atomic E-state index is -0.567. The minimum Gasteiger partial charge on any atom is -0.452 e. The van der Waals surface area contributed by atoms with Gasteiger partial charge in [-0.05, 0) is 35.3 Å². The second kappa shape index (κ2) is 7.10. The van der Waals surface area contributed by atoms with Crippen LogP contribution in [0.2, 0.25) is 0 Å². The van der Waals surface area contributed by atoms with Crippen LogP contribution in [0, 0.1) is 0 Å². The van der Waals surface area contributed by atoms with Crippen molar-refractivity contribution in [3.8, 4) is 0 Å². The third-order valence-corrected chi connectivity index (χ3v) is 2.73. The summed E-state index contributed by atoms with van der Waals surface area (Å²) in [6.45, 7) is 3.57. The average Bonchev–Trinajstić information content (AvgIpc) is 2.35. The highest BCUT2D eigenvalue weighted by Crippen LogP contribution is 2.10. The molecule has 0 bridgehead atoms. The van der Waals surface area contributed by atoms with E-state index in [-0.39, 0.29) is 18.6 Å². The monoisotopic (exact) mass is 314 g/mol. The normalized spacial score (nSPS) is 11.7. The molecule has 1 rings (SSSR count). The van der Waals surface area contributed by atoms with E-state index in [2.05, 4.69) is 26.2 Å². The molecule has 5 nitrogen and oxygen atoms in total. The summed E-state index contributed by atoms with van der Waals surface area (Å²) in [4.78, 5) is 26.8. The van der Waals surface area contributed by atoms with E-state index in [9.17, 15) is 9.59 Å². The van der Waals surface area contributed by atoms with Gasteiger partial charge in [0.1, 0.15) is 0 Å². The van der Waals surface area contributed by atoms with Crippen LogP contribution >= 0.6 is 15.9 Å². The number of hydrogen-bond acceptors (Lipinski definition) is 4. The van der Waals surface area contributed by atoms with Crippen molar-refractivity contribution < 1.29 is 14.3 Å². The molecule has 1 unspecified atom stereocenters. The molecule has 0 aromatic carbocycles. The van der Waals surface area contributed by atoms with E-state index in [1.165, 1.54) is 6.20 Å². The number of carbonyl (C=O) groups is 2. The van der Waals surface area contributed by atoms with Gasteiger partial charge in [-0.15, -0.1) is 0 Å². The van der Waals surface area contributed by atoms with Crippen LogP contribution < -0.4 is 5.32 Å². The molecule has 18 heavy (non-hydrogen) atoms. The molecule has 0 saturated carbocycles. The Labute approximate surface area is 114 Å². The number of ether oxygens (including phenoxy) is 1. The summed E-state index contributed by atoms with van der Waals surface area (Å²) in [5.41, 5.74) is 0.306. The zero-order valence-corrected chi connectivity index (χ0v) is 11.9. The fourth-order valence-corrected chi connectivity index (χ4v) is 1.52. The van der Waals surface area contributed by atoms with Gasteiger partial charge < -0.3 is 10.1 Å². The minimum absolute atomic E-state index is 0.0729. The quantitative estimate of drug-likeness (QED) is 0.843. The number of halogens is 1. The second-order valence-corrected chi connectivity index (χ2v) is 4.76. The van der Waals surface area contributed by atoms with Crippen LogP contribution in [0.1, 0.15) is 30.6 Å². The van der Waals surface area contributed by atoms with Crippen molar-refractivity contribution in [2.45, 2.75) is 26.3 Å². The lowest BCUT2D eigenvalue weighted by Crippen LogP contribution is -2.35. The summed E-state index contributed by atoms with van der Waals surface area (Å²) < 4.78 is 5.56.